The number of carbonyl (C=O) groups is 1. The summed E-state index contributed by atoms with van der Waals surface area (Å²) in [7, 11) is 0. The van der Waals surface area contributed by atoms with E-state index in [1.165, 1.54) is 0 Å². The number of hydrogen-bond donors (Lipinski definition) is 2. The van der Waals surface area contributed by atoms with E-state index in [0.29, 0.717) is 24.4 Å². The highest BCUT2D eigenvalue weighted by Crippen LogP contribution is 2.25. The molecular formula is C15H17F2N3O2. The Morgan fingerprint density at radius 1 is 1.55 bits per heavy atom. The van der Waals surface area contributed by atoms with Crippen LogP contribution in [0.25, 0.3) is 11.1 Å². The summed E-state index contributed by atoms with van der Waals surface area (Å²) < 4.78 is 31.7. The highest BCUT2D eigenvalue weighted by atomic mass is 19.3. The Bertz CT molecular complexity index is 699. The van der Waals surface area contributed by atoms with E-state index in [9.17, 15) is 13.6 Å². The number of rotatable bonds is 4. The first-order valence-electron chi connectivity index (χ1n) is 7.18. The Labute approximate surface area is 126 Å². The monoisotopic (exact) mass is 309 g/mol. The van der Waals surface area contributed by atoms with Gasteiger partial charge in [0.2, 0.25) is 5.91 Å². The van der Waals surface area contributed by atoms with Crippen molar-refractivity contribution in [1.82, 2.24) is 15.6 Å². The average Bonchev–Trinajstić information content (AvgIpc) is 3.02. The molecule has 2 N–H and O–H groups in total. The second kappa shape index (κ2) is 5.64. The van der Waals surface area contributed by atoms with Crippen LogP contribution < -0.4 is 10.6 Å². The van der Waals surface area contributed by atoms with E-state index >= 15 is 0 Å². The third-order valence-corrected chi connectivity index (χ3v) is 3.73. The lowest BCUT2D eigenvalue weighted by Crippen LogP contribution is -2.41. The summed E-state index contributed by atoms with van der Waals surface area (Å²) >= 11 is 0. The van der Waals surface area contributed by atoms with Gasteiger partial charge in [0, 0.05) is 19.4 Å². The zero-order valence-electron chi connectivity index (χ0n) is 12.2. The first kappa shape index (κ1) is 14.9. The number of benzene rings is 1. The topological polar surface area (TPSA) is 67.2 Å². The number of nitrogens with one attached hydrogen (secondary N) is 2. The smallest absolute Gasteiger partial charge is 0.262 e. The molecule has 1 amide bonds. The molecule has 1 aliphatic rings. The maximum absolute atomic E-state index is 13.0. The van der Waals surface area contributed by atoms with Crippen LogP contribution in [0.15, 0.2) is 22.6 Å². The van der Waals surface area contributed by atoms with Crippen molar-refractivity contribution in [1.29, 1.82) is 0 Å². The lowest BCUT2D eigenvalue weighted by molar-refractivity contribution is -0.123. The van der Waals surface area contributed by atoms with Crippen LogP contribution in [0.1, 0.15) is 17.9 Å². The Hall–Kier alpha value is -2.02. The minimum atomic E-state index is -2.81. The number of aromatic nitrogens is 1. The molecule has 5 nitrogen and oxygen atoms in total. The predicted octanol–water partition coefficient (Wildman–Crippen LogP) is 1.79. The highest BCUT2D eigenvalue weighted by Gasteiger charge is 2.42. The largest absolute Gasteiger partial charge is 0.441 e. The van der Waals surface area contributed by atoms with E-state index in [-0.39, 0.29) is 0 Å². The van der Waals surface area contributed by atoms with Gasteiger partial charge in [-0.05, 0) is 18.6 Å². The summed E-state index contributed by atoms with van der Waals surface area (Å²) in [6, 6.07) is 4.84. The first-order valence-corrected chi connectivity index (χ1v) is 7.18. The summed E-state index contributed by atoms with van der Waals surface area (Å²) in [6.45, 7) is 1.80. The van der Waals surface area contributed by atoms with Crippen LogP contribution in [0, 0.1) is 6.92 Å². The third kappa shape index (κ3) is 3.09. The molecule has 1 aliphatic heterocycles. The molecule has 22 heavy (non-hydrogen) atoms. The minimum Gasteiger partial charge on any atom is -0.441 e. The molecule has 3 rings (SSSR count). The van der Waals surface area contributed by atoms with Gasteiger partial charge in [-0.25, -0.2) is 13.8 Å². The van der Waals surface area contributed by atoms with Gasteiger partial charge in [-0.1, -0.05) is 12.1 Å². The van der Waals surface area contributed by atoms with E-state index in [2.05, 4.69) is 15.6 Å². The molecule has 0 bridgehead atoms. The predicted molar refractivity (Wildman–Crippen MR) is 76.8 cm³/mol. The molecule has 0 spiro atoms. The normalized spacial score (nSPS) is 20.4. The Balaban J connectivity index is 1.54. The maximum atomic E-state index is 13.0. The fourth-order valence-electron chi connectivity index (χ4n) is 2.56. The molecule has 2 heterocycles. The van der Waals surface area contributed by atoms with Crippen molar-refractivity contribution in [3.8, 4) is 0 Å². The molecule has 0 radical (unpaired) electrons. The number of oxazole rings is 1. The van der Waals surface area contributed by atoms with Crippen LogP contribution in [0.5, 0.6) is 0 Å². The summed E-state index contributed by atoms with van der Waals surface area (Å²) in [5, 5.41) is 5.16. The van der Waals surface area contributed by atoms with Gasteiger partial charge in [-0.2, -0.15) is 0 Å². The van der Waals surface area contributed by atoms with Gasteiger partial charge in [0.05, 0.1) is 12.6 Å². The fraction of sp³-hybridized carbons (Fsp3) is 0.467. The average molecular weight is 309 g/mol. The van der Waals surface area contributed by atoms with Crippen molar-refractivity contribution in [2.45, 2.75) is 31.7 Å². The van der Waals surface area contributed by atoms with Crippen molar-refractivity contribution >= 4 is 17.0 Å². The molecule has 1 saturated heterocycles. The van der Waals surface area contributed by atoms with Crippen LogP contribution >= 0.6 is 0 Å². The number of hydrogen-bond acceptors (Lipinski definition) is 4. The zero-order chi connectivity index (χ0) is 15.7. The molecule has 0 aliphatic carbocycles. The summed E-state index contributed by atoms with van der Waals surface area (Å²) in [5.74, 6) is -2.70. The SMILES string of the molecule is Cc1cccc2oc(CCNC(=O)C3CC(F)(F)CN3)nc12. The van der Waals surface area contributed by atoms with Gasteiger partial charge in [0.25, 0.3) is 5.92 Å². The number of aryl methyl sites for hydroxylation is 1. The molecule has 1 atom stereocenters. The molecular weight excluding hydrogens is 292 g/mol. The van der Waals surface area contributed by atoms with Crippen LogP contribution in [-0.2, 0) is 11.2 Å². The van der Waals surface area contributed by atoms with Crippen LogP contribution in [-0.4, -0.2) is 35.9 Å². The molecule has 1 aromatic carbocycles. The molecule has 1 aromatic heterocycles. The van der Waals surface area contributed by atoms with E-state index in [0.717, 1.165) is 11.1 Å². The quantitative estimate of drug-likeness (QED) is 0.903. The molecule has 0 saturated carbocycles. The van der Waals surface area contributed by atoms with Crippen molar-refractivity contribution in [2.75, 3.05) is 13.1 Å². The fourth-order valence-corrected chi connectivity index (χ4v) is 2.56. The second-order valence-electron chi connectivity index (χ2n) is 5.56. The standard InChI is InChI=1S/C15H17F2N3O2/c1-9-3-2-4-11-13(9)20-12(22-11)5-6-18-14(21)10-7-15(16,17)8-19-10/h2-4,10,19H,5-8H2,1H3,(H,18,21). The van der Waals surface area contributed by atoms with Crippen molar-refractivity contribution in [2.24, 2.45) is 0 Å². The molecule has 7 heteroatoms. The number of para-hydroxylation sites is 1. The Morgan fingerprint density at radius 3 is 3.05 bits per heavy atom. The first-order chi connectivity index (χ1) is 10.4. The van der Waals surface area contributed by atoms with Crippen LogP contribution in [0.3, 0.4) is 0 Å². The Kier molecular flexibility index (Phi) is 3.82. The van der Waals surface area contributed by atoms with Gasteiger partial charge in [0.1, 0.15) is 5.52 Å². The number of amides is 1. The lowest BCUT2D eigenvalue weighted by atomic mass is 10.2. The van der Waals surface area contributed by atoms with Gasteiger partial charge >= 0.3 is 0 Å². The van der Waals surface area contributed by atoms with Crippen molar-refractivity contribution in [3.05, 3.63) is 29.7 Å². The maximum Gasteiger partial charge on any atom is 0.262 e. The Morgan fingerprint density at radius 2 is 2.36 bits per heavy atom. The molecule has 118 valence electrons. The third-order valence-electron chi connectivity index (χ3n) is 3.73. The molecule has 1 fully saturated rings. The number of carbonyl (C=O) groups excluding carboxylic acids is 1. The van der Waals surface area contributed by atoms with Gasteiger partial charge in [0.15, 0.2) is 11.5 Å². The summed E-state index contributed by atoms with van der Waals surface area (Å²) in [4.78, 5) is 16.2. The van der Waals surface area contributed by atoms with Gasteiger partial charge in [-0.15, -0.1) is 0 Å². The molecule has 1 unspecified atom stereocenters. The van der Waals surface area contributed by atoms with Gasteiger partial charge in [-0.3, -0.25) is 10.1 Å². The second-order valence-corrected chi connectivity index (χ2v) is 5.56. The number of alkyl halides is 2. The number of fused-ring (bicyclic) bond motifs is 1. The van der Waals surface area contributed by atoms with E-state index in [4.69, 9.17) is 4.42 Å². The highest BCUT2D eigenvalue weighted by molar-refractivity contribution is 5.82. The lowest BCUT2D eigenvalue weighted by Gasteiger charge is -2.10. The summed E-state index contributed by atoms with van der Waals surface area (Å²) in [6.07, 6.45) is -0.0378. The van der Waals surface area contributed by atoms with Crippen molar-refractivity contribution < 1.29 is 18.0 Å². The summed E-state index contributed by atoms with van der Waals surface area (Å²) in [5.41, 5.74) is 2.54. The van der Waals surface area contributed by atoms with E-state index < -0.39 is 30.8 Å². The minimum absolute atomic E-state index is 0.300. The zero-order valence-corrected chi connectivity index (χ0v) is 12.2. The van der Waals surface area contributed by atoms with E-state index in [1.54, 1.807) is 0 Å². The number of nitrogens with zero attached hydrogens (tertiary/aromatic N) is 1. The van der Waals surface area contributed by atoms with Crippen molar-refractivity contribution in [3.63, 3.8) is 0 Å². The van der Waals surface area contributed by atoms with Crippen LogP contribution in [0.2, 0.25) is 0 Å². The van der Waals surface area contributed by atoms with Crippen LogP contribution in [0.4, 0.5) is 8.78 Å². The molecule has 2 aromatic rings. The number of halogens is 2. The van der Waals surface area contributed by atoms with E-state index in [1.807, 2.05) is 25.1 Å². The van der Waals surface area contributed by atoms with Gasteiger partial charge < -0.3 is 9.73 Å².